The molecule has 0 aliphatic heterocycles. The highest BCUT2D eigenvalue weighted by Crippen LogP contribution is 2.18. The first kappa shape index (κ1) is 15.4. The average Bonchev–Trinajstić information content (AvgIpc) is 2.36. The van der Waals surface area contributed by atoms with E-state index in [2.05, 4.69) is 4.98 Å². The molecule has 0 spiro atoms. The zero-order valence-electron chi connectivity index (χ0n) is 10.9. The second kappa shape index (κ2) is 6.48. The van der Waals surface area contributed by atoms with Gasteiger partial charge in [0, 0.05) is 19.8 Å². The number of rotatable bonds is 6. The number of nitrogen functional groups attached to an aromatic ring is 1. The first-order valence-electron chi connectivity index (χ1n) is 5.72. The summed E-state index contributed by atoms with van der Waals surface area (Å²) in [5, 5.41) is 0. The Morgan fingerprint density at radius 3 is 2.79 bits per heavy atom. The van der Waals surface area contributed by atoms with Crippen molar-refractivity contribution in [2.75, 3.05) is 25.9 Å². The molecule has 19 heavy (non-hydrogen) atoms. The lowest BCUT2D eigenvalue weighted by atomic mass is 10.4. The summed E-state index contributed by atoms with van der Waals surface area (Å²) in [6.07, 6.45) is 1.40. The molecule has 7 nitrogen and oxygen atoms in total. The summed E-state index contributed by atoms with van der Waals surface area (Å²) < 4.78 is 30.1. The molecule has 1 heterocycles. The predicted molar refractivity (Wildman–Crippen MR) is 69.7 cm³/mol. The molecule has 0 fully saturated rings. The van der Waals surface area contributed by atoms with E-state index in [1.165, 1.54) is 25.4 Å². The third-order valence-electron chi connectivity index (χ3n) is 2.42. The lowest BCUT2D eigenvalue weighted by molar-refractivity contribution is -0.143. The Morgan fingerprint density at radius 1 is 1.53 bits per heavy atom. The highest BCUT2D eigenvalue weighted by atomic mass is 32.2. The van der Waals surface area contributed by atoms with E-state index in [4.69, 9.17) is 10.5 Å². The Balaban J connectivity index is 2.78. The van der Waals surface area contributed by atoms with Gasteiger partial charge in [-0.3, -0.25) is 4.79 Å². The van der Waals surface area contributed by atoms with Gasteiger partial charge in [-0.1, -0.05) is 0 Å². The molecule has 0 unspecified atom stereocenters. The zero-order valence-corrected chi connectivity index (χ0v) is 11.7. The van der Waals surface area contributed by atoms with E-state index < -0.39 is 16.0 Å². The smallest absolute Gasteiger partial charge is 0.307 e. The minimum Gasteiger partial charge on any atom is -0.466 e. The van der Waals surface area contributed by atoms with Crippen LogP contribution in [0.5, 0.6) is 0 Å². The SMILES string of the molecule is CCOC(=O)CCN(C)S(=O)(=O)c1cccnc1N. The molecule has 8 heteroatoms. The minimum atomic E-state index is -3.74. The van der Waals surface area contributed by atoms with E-state index in [1.54, 1.807) is 6.92 Å². The first-order chi connectivity index (χ1) is 8.89. The minimum absolute atomic E-state index is 0.0102. The van der Waals surface area contributed by atoms with Gasteiger partial charge < -0.3 is 10.5 Å². The van der Waals surface area contributed by atoms with Gasteiger partial charge in [0.15, 0.2) is 0 Å². The largest absolute Gasteiger partial charge is 0.466 e. The maximum Gasteiger partial charge on any atom is 0.307 e. The van der Waals surface area contributed by atoms with Gasteiger partial charge in [0.1, 0.15) is 10.7 Å². The Labute approximate surface area is 112 Å². The Kier molecular flexibility index (Phi) is 5.25. The van der Waals surface area contributed by atoms with Crippen LogP contribution in [0.2, 0.25) is 0 Å². The molecule has 1 rings (SSSR count). The van der Waals surface area contributed by atoms with Gasteiger partial charge in [-0.25, -0.2) is 17.7 Å². The third-order valence-corrected chi connectivity index (χ3v) is 4.33. The fraction of sp³-hybridized carbons (Fsp3) is 0.455. The molecule has 2 N–H and O–H groups in total. The van der Waals surface area contributed by atoms with Crippen molar-refractivity contribution in [3.63, 3.8) is 0 Å². The first-order valence-corrected chi connectivity index (χ1v) is 7.16. The van der Waals surface area contributed by atoms with E-state index in [-0.39, 0.29) is 30.3 Å². The lowest BCUT2D eigenvalue weighted by Gasteiger charge is -2.17. The summed E-state index contributed by atoms with van der Waals surface area (Å²) in [5.41, 5.74) is 5.54. The van der Waals surface area contributed by atoms with Crippen LogP contribution in [0.15, 0.2) is 23.2 Å². The molecule has 0 radical (unpaired) electrons. The molecule has 1 aromatic rings. The number of carbonyl (C=O) groups excluding carboxylic acids is 1. The van der Waals surface area contributed by atoms with E-state index in [0.717, 1.165) is 4.31 Å². The third kappa shape index (κ3) is 3.90. The number of sulfonamides is 1. The van der Waals surface area contributed by atoms with Crippen molar-refractivity contribution in [3.05, 3.63) is 18.3 Å². The van der Waals surface area contributed by atoms with Crippen molar-refractivity contribution < 1.29 is 17.9 Å². The number of pyridine rings is 1. The number of hydrogen-bond donors (Lipinski definition) is 1. The van der Waals surface area contributed by atoms with E-state index in [9.17, 15) is 13.2 Å². The van der Waals surface area contributed by atoms with E-state index >= 15 is 0 Å². The van der Waals surface area contributed by atoms with Gasteiger partial charge in [-0.15, -0.1) is 0 Å². The summed E-state index contributed by atoms with van der Waals surface area (Å²) in [4.78, 5) is 14.9. The molecule has 0 amide bonds. The number of esters is 1. The zero-order chi connectivity index (χ0) is 14.5. The number of nitrogens with two attached hydrogens (primary N) is 1. The summed E-state index contributed by atoms with van der Waals surface area (Å²) >= 11 is 0. The summed E-state index contributed by atoms with van der Waals surface area (Å²) in [5.74, 6) is -0.505. The van der Waals surface area contributed by atoms with Gasteiger partial charge in [0.25, 0.3) is 0 Å². The van der Waals surface area contributed by atoms with Crippen molar-refractivity contribution in [2.45, 2.75) is 18.2 Å². The number of aromatic nitrogens is 1. The van der Waals surface area contributed by atoms with Crippen LogP contribution in [0.25, 0.3) is 0 Å². The molecule has 0 aliphatic carbocycles. The Bertz CT molecular complexity index is 545. The van der Waals surface area contributed by atoms with Gasteiger partial charge in [0.05, 0.1) is 13.0 Å². The maximum absolute atomic E-state index is 12.2. The Morgan fingerprint density at radius 2 is 2.21 bits per heavy atom. The molecule has 0 bridgehead atoms. The van der Waals surface area contributed by atoms with Crippen molar-refractivity contribution in [3.8, 4) is 0 Å². The normalized spacial score (nSPS) is 11.5. The highest BCUT2D eigenvalue weighted by Gasteiger charge is 2.24. The average molecular weight is 287 g/mol. The van der Waals surface area contributed by atoms with Crippen molar-refractivity contribution >= 4 is 21.8 Å². The van der Waals surface area contributed by atoms with Crippen LogP contribution < -0.4 is 5.73 Å². The summed E-state index contributed by atoms with van der Waals surface area (Å²) in [6.45, 7) is 1.98. The van der Waals surface area contributed by atoms with E-state index in [0.29, 0.717) is 0 Å². The van der Waals surface area contributed by atoms with Crippen molar-refractivity contribution in [1.29, 1.82) is 0 Å². The van der Waals surface area contributed by atoms with Gasteiger partial charge >= 0.3 is 5.97 Å². The molecule has 0 aromatic carbocycles. The van der Waals surface area contributed by atoms with Crippen LogP contribution in [0.4, 0.5) is 5.82 Å². The molecular formula is C11H17N3O4S. The van der Waals surface area contributed by atoms with Crippen molar-refractivity contribution in [2.24, 2.45) is 0 Å². The molecule has 0 saturated heterocycles. The second-order valence-corrected chi connectivity index (χ2v) is 5.78. The van der Waals surface area contributed by atoms with Gasteiger partial charge in [0.2, 0.25) is 10.0 Å². The van der Waals surface area contributed by atoms with Gasteiger partial charge in [-0.2, -0.15) is 0 Å². The summed E-state index contributed by atoms with van der Waals surface area (Å²) in [6, 6.07) is 2.86. The fourth-order valence-electron chi connectivity index (χ4n) is 1.39. The molecule has 106 valence electrons. The van der Waals surface area contributed by atoms with Crippen LogP contribution >= 0.6 is 0 Å². The monoisotopic (exact) mass is 287 g/mol. The molecule has 0 saturated carbocycles. The van der Waals surface area contributed by atoms with Crippen LogP contribution in [-0.2, 0) is 19.6 Å². The summed E-state index contributed by atoms with van der Waals surface area (Å²) in [7, 11) is -2.37. The number of nitrogens with zero attached hydrogens (tertiary/aromatic N) is 2. The van der Waals surface area contributed by atoms with Crippen LogP contribution in [0.1, 0.15) is 13.3 Å². The fourth-order valence-corrected chi connectivity index (χ4v) is 2.63. The quantitative estimate of drug-likeness (QED) is 0.752. The molecule has 0 atom stereocenters. The highest BCUT2D eigenvalue weighted by molar-refractivity contribution is 7.89. The predicted octanol–water partition coefficient (Wildman–Crippen LogP) is 0.238. The Hall–Kier alpha value is -1.67. The molecule has 0 aliphatic rings. The number of hydrogen-bond acceptors (Lipinski definition) is 6. The molecular weight excluding hydrogens is 270 g/mol. The maximum atomic E-state index is 12.2. The van der Waals surface area contributed by atoms with Crippen LogP contribution in [0, 0.1) is 0 Å². The van der Waals surface area contributed by atoms with Crippen molar-refractivity contribution in [1.82, 2.24) is 9.29 Å². The number of ether oxygens (including phenoxy) is 1. The number of carbonyl (C=O) groups is 1. The van der Waals surface area contributed by atoms with Crippen LogP contribution in [0.3, 0.4) is 0 Å². The molecule has 1 aromatic heterocycles. The van der Waals surface area contributed by atoms with E-state index in [1.807, 2.05) is 0 Å². The lowest BCUT2D eigenvalue weighted by Crippen LogP contribution is -2.30. The standard InChI is InChI=1S/C11H17N3O4S/c1-3-18-10(15)6-8-14(2)19(16,17)9-5-4-7-13-11(9)12/h4-5,7H,3,6,8H2,1-2H3,(H2,12,13). The number of anilines is 1. The second-order valence-electron chi connectivity index (χ2n) is 3.77. The topological polar surface area (TPSA) is 103 Å². The van der Waals surface area contributed by atoms with Gasteiger partial charge in [-0.05, 0) is 19.1 Å². The van der Waals surface area contributed by atoms with Crippen LogP contribution in [-0.4, -0.2) is 43.9 Å².